The fourth-order valence-corrected chi connectivity index (χ4v) is 5.16. The van der Waals surface area contributed by atoms with Crippen LogP contribution in [0.15, 0.2) is 82.4 Å². The first-order chi connectivity index (χ1) is 16.0. The molecule has 3 aromatic carbocycles. The number of Topliss-reactive ketones (excluding diaryl/α,β-unsaturated/α-hetero) is 1. The van der Waals surface area contributed by atoms with Gasteiger partial charge in [0, 0.05) is 20.5 Å². The van der Waals surface area contributed by atoms with Gasteiger partial charge in [0.15, 0.2) is 5.78 Å². The van der Waals surface area contributed by atoms with E-state index in [2.05, 4.69) is 21.0 Å². The van der Waals surface area contributed by atoms with Gasteiger partial charge in [-0.15, -0.1) is 0 Å². The van der Waals surface area contributed by atoms with Crippen molar-refractivity contribution >= 4 is 27.9 Å². The average molecular weight is 506 g/mol. The number of hydrogen-bond donors (Lipinski definition) is 0. The molecular formula is C25H20BrN3O4. The highest BCUT2D eigenvalue weighted by Gasteiger charge is 2.60. The summed E-state index contributed by atoms with van der Waals surface area (Å²) in [6.07, 6.45) is 1.68. The highest BCUT2D eigenvalue weighted by atomic mass is 79.9. The van der Waals surface area contributed by atoms with Gasteiger partial charge in [0.1, 0.15) is 17.8 Å². The maximum atomic E-state index is 13.8. The van der Waals surface area contributed by atoms with Crippen molar-refractivity contribution < 1.29 is 14.5 Å². The van der Waals surface area contributed by atoms with Crippen LogP contribution in [0.1, 0.15) is 39.0 Å². The van der Waals surface area contributed by atoms with Gasteiger partial charge in [-0.3, -0.25) is 19.9 Å². The minimum absolute atomic E-state index is 0.212. The summed E-state index contributed by atoms with van der Waals surface area (Å²) in [5, 5.41) is 18.7. The van der Waals surface area contributed by atoms with Crippen LogP contribution in [0, 0.1) is 10.1 Å². The van der Waals surface area contributed by atoms with Gasteiger partial charge < -0.3 is 4.74 Å². The van der Waals surface area contributed by atoms with Gasteiger partial charge in [-0.05, 0) is 47.5 Å². The van der Waals surface area contributed by atoms with Crippen molar-refractivity contribution in [1.29, 1.82) is 0 Å². The second-order valence-electron chi connectivity index (χ2n) is 8.09. The summed E-state index contributed by atoms with van der Waals surface area (Å²) in [6, 6.07) is 19.2. The number of methoxy groups -OCH3 is 1. The van der Waals surface area contributed by atoms with Crippen LogP contribution in [0.3, 0.4) is 0 Å². The second kappa shape index (κ2) is 8.44. The number of benzene rings is 3. The molecule has 2 heterocycles. The number of carbonyl (C=O) groups is 1. The minimum Gasteiger partial charge on any atom is -0.497 e. The van der Waals surface area contributed by atoms with Crippen LogP contribution in [0.25, 0.3) is 0 Å². The average Bonchev–Trinajstić information content (AvgIpc) is 3.20. The predicted octanol–water partition coefficient (Wildman–Crippen LogP) is 4.84. The van der Waals surface area contributed by atoms with Crippen LogP contribution < -0.4 is 4.74 Å². The van der Waals surface area contributed by atoms with Gasteiger partial charge in [0.2, 0.25) is 6.04 Å². The van der Waals surface area contributed by atoms with Crippen LogP contribution in [0.2, 0.25) is 0 Å². The van der Waals surface area contributed by atoms with Crippen molar-refractivity contribution in [3.05, 3.63) is 110 Å². The molecule has 3 aromatic rings. The van der Waals surface area contributed by atoms with E-state index in [-0.39, 0.29) is 10.7 Å². The van der Waals surface area contributed by atoms with Gasteiger partial charge in [0.25, 0.3) is 0 Å². The van der Waals surface area contributed by atoms with E-state index in [1.165, 1.54) is 0 Å². The lowest BCUT2D eigenvalue weighted by atomic mass is 9.82. The molecular weight excluding hydrogens is 486 g/mol. The zero-order chi connectivity index (χ0) is 23.1. The third-order valence-electron chi connectivity index (χ3n) is 6.39. The van der Waals surface area contributed by atoms with E-state index >= 15 is 0 Å². The van der Waals surface area contributed by atoms with Crippen LogP contribution in [0.4, 0.5) is 0 Å². The molecule has 0 radical (unpaired) electrons. The van der Waals surface area contributed by atoms with Crippen molar-refractivity contribution in [3.8, 4) is 5.75 Å². The maximum absolute atomic E-state index is 13.8. The summed E-state index contributed by atoms with van der Waals surface area (Å²) in [6.45, 7) is 0. The molecule has 0 N–H and O–H groups in total. The lowest BCUT2D eigenvalue weighted by molar-refractivity contribution is -0.529. The monoisotopic (exact) mass is 505 g/mol. The summed E-state index contributed by atoms with van der Waals surface area (Å²) >= 11 is 3.43. The molecule has 1 saturated heterocycles. The van der Waals surface area contributed by atoms with Crippen LogP contribution in [-0.2, 0) is 0 Å². The number of ketones is 1. The van der Waals surface area contributed by atoms with Crippen LogP contribution >= 0.6 is 15.9 Å². The molecule has 0 aromatic heterocycles. The summed E-state index contributed by atoms with van der Waals surface area (Å²) in [4.78, 5) is 26.1. The Morgan fingerprint density at radius 2 is 1.76 bits per heavy atom. The van der Waals surface area contributed by atoms with E-state index in [1.54, 1.807) is 42.6 Å². The number of halogens is 1. The van der Waals surface area contributed by atoms with Gasteiger partial charge in [-0.1, -0.05) is 52.3 Å². The van der Waals surface area contributed by atoms with Crippen molar-refractivity contribution in [2.45, 2.75) is 24.0 Å². The molecule has 0 unspecified atom stereocenters. The lowest BCUT2D eigenvalue weighted by Gasteiger charge is -2.30. The Morgan fingerprint density at radius 3 is 2.42 bits per heavy atom. The van der Waals surface area contributed by atoms with Crippen LogP contribution in [-0.4, -0.2) is 41.1 Å². The standard InChI is InChI=1S/C25H20BrN3O4/c1-33-19-12-8-16(9-13-19)25(30)24-21(15-6-10-18(26)11-7-15)23(29(31)32)22-20-5-3-2-4-17(20)14-27-28(22)24/h2-14,21-24H,1H3/t21-,22+,23-,24-/m0/s1. The number of nitrogens with zero attached hydrogens (tertiary/aromatic N) is 3. The molecule has 5 rings (SSSR count). The lowest BCUT2D eigenvalue weighted by Crippen LogP contribution is -2.38. The van der Waals surface area contributed by atoms with Crippen LogP contribution in [0.5, 0.6) is 5.75 Å². The van der Waals surface area contributed by atoms with E-state index in [9.17, 15) is 14.9 Å². The zero-order valence-corrected chi connectivity index (χ0v) is 19.3. The molecule has 0 amide bonds. The highest BCUT2D eigenvalue weighted by Crippen LogP contribution is 2.49. The summed E-state index contributed by atoms with van der Waals surface area (Å²) in [5.41, 5.74) is 2.83. The number of ether oxygens (including phenoxy) is 1. The van der Waals surface area contributed by atoms with E-state index in [4.69, 9.17) is 4.74 Å². The minimum atomic E-state index is -1.04. The number of nitro groups is 1. The number of hydrazone groups is 1. The second-order valence-corrected chi connectivity index (χ2v) is 9.00. The summed E-state index contributed by atoms with van der Waals surface area (Å²) < 4.78 is 6.07. The molecule has 0 aliphatic carbocycles. The molecule has 2 aliphatic rings. The molecule has 8 heteroatoms. The molecule has 7 nitrogen and oxygen atoms in total. The van der Waals surface area contributed by atoms with Crippen molar-refractivity contribution in [3.63, 3.8) is 0 Å². The highest BCUT2D eigenvalue weighted by molar-refractivity contribution is 9.10. The van der Waals surface area contributed by atoms with Gasteiger partial charge >= 0.3 is 0 Å². The fraction of sp³-hybridized carbons (Fsp3) is 0.200. The number of hydrogen-bond acceptors (Lipinski definition) is 6. The summed E-state index contributed by atoms with van der Waals surface area (Å²) in [5.74, 6) is -0.263. The Morgan fingerprint density at radius 1 is 1.06 bits per heavy atom. The third-order valence-corrected chi connectivity index (χ3v) is 6.92. The zero-order valence-electron chi connectivity index (χ0n) is 17.7. The molecule has 0 spiro atoms. The Kier molecular flexibility index (Phi) is 5.46. The van der Waals surface area contributed by atoms with Gasteiger partial charge in [-0.25, -0.2) is 0 Å². The normalized spacial score (nSPS) is 23.0. The quantitative estimate of drug-likeness (QED) is 0.281. The third kappa shape index (κ3) is 3.60. The molecule has 0 bridgehead atoms. The number of rotatable bonds is 5. The SMILES string of the molecule is COc1ccc(C(=O)[C@@H]2[C@@H](c3ccc(Br)cc3)[C@H]([N+](=O)[O-])[C@H]3c4ccccc4C=NN23)cc1. The molecule has 33 heavy (non-hydrogen) atoms. The Bertz CT molecular complexity index is 1240. The number of carbonyl (C=O) groups excluding carboxylic acids is 1. The molecule has 2 aliphatic heterocycles. The van der Waals surface area contributed by atoms with E-state index in [0.717, 1.165) is 21.2 Å². The molecule has 1 fully saturated rings. The molecule has 166 valence electrons. The Labute approximate surface area is 199 Å². The van der Waals surface area contributed by atoms with E-state index in [0.29, 0.717) is 11.3 Å². The van der Waals surface area contributed by atoms with Crippen molar-refractivity contribution in [1.82, 2.24) is 5.01 Å². The topological polar surface area (TPSA) is 85.0 Å². The Balaban J connectivity index is 1.67. The van der Waals surface area contributed by atoms with E-state index in [1.807, 2.05) is 48.5 Å². The van der Waals surface area contributed by atoms with Gasteiger partial charge in [0.05, 0.1) is 19.2 Å². The Hall–Kier alpha value is -3.52. The molecule has 0 saturated carbocycles. The van der Waals surface area contributed by atoms with Gasteiger partial charge in [-0.2, -0.15) is 5.10 Å². The predicted molar refractivity (Wildman–Crippen MR) is 127 cm³/mol. The first-order valence-electron chi connectivity index (χ1n) is 10.5. The smallest absolute Gasteiger partial charge is 0.248 e. The van der Waals surface area contributed by atoms with Crippen molar-refractivity contribution in [2.75, 3.05) is 7.11 Å². The van der Waals surface area contributed by atoms with E-state index < -0.39 is 24.0 Å². The van der Waals surface area contributed by atoms with Crippen molar-refractivity contribution in [2.24, 2.45) is 5.10 Å². The summed E-state index contributed by atoms with van der Waals surface area (Å²) in [7, 11) is 1.56. The first-order valence-corrected chi connectivity index (χ1v) is 11.3. The molecule has 4 atom stereocenters. The largest absolute Gasteiger partial charge is 0.497 e. The number of fused-ring (bicyclic) bond motifs is 3. The maximum Gasteiger partial charge on any atom is 0.248 e. The first kappa shape index (κ1) is 21.3. The fourth-order valence-electron chi connectivity index (χ4n) is 4.89.